The van der Waals surface area contributed by atoms with Crippen LogP contribution in [0.3, 0.4) is 0 Å². The van der Waals surface area contributed by atoms with Gasteiger partial charge in [0.25, 0.3) is 0 Å². The molecule has 1 atom stereocenters. The van der Waals surface area contributed by atoms with Crippen LogP contribution in [-0.2, 0) is 4.79 Å². The highest BCUT2D eigenvalue weighted by atomic mass is 19.4. The van der Waals surface area contributed by atoms with Crippen molar-refractivity contribution in [2.24, 2.45) is 5.41 Å². The van der Waals surface area contributed by atoms with Gasteiger partial charge < -0.3 is 14.9 Å². The Labute approximate surface area is 135 Å². The normalized spacial score (nSPS) is 29.1. The smallest absolute Gasteiger partial charge is 0.388 e. The van der Waals surface area contributed by atoms with E-state index in [1.165, 1.54) is 0 Å². The summed E-state index contributed by atoms with van der Waals surface area (Å²) in [5.41, 5.74) is -5.30. The number of alkyl halides is 6. The van der Waals surface area contributed by atoms with Gasteiger partial charge in [-0.05, 0) is 32.9 Å². The number of halogens is 6. The highest BCUT2D eigenvalue weighted by Crippen LogP contribution is 2.55. The maximum Gasteiger partial charge on any atom is 0.404 e. The van der Waals surface area contributed by atoms with E-state index in [2.05, 4.69) is 0 Å². The van der Waals surface area contributed by atoms with Crippen LogP contribution in [0.4, 0.5) is 26.3 Å². The molecule has 0 saturated carbocycles. The first kappa shape index (κ1) is 19.3. The molecular weight excluding hydrogens is 342 g/mol. The Hall–Kier alpha value is -1.03. The van der Waals surface area contributed by atoms with Gasteiger partial charge in [-0.3, -0.25) is 4.79 Å². The molecule has 4 nitrogen and oxygen atoms in total. The molecule has 0 aromatic carbocycles. The summed E-state index contributed by atoms with van der Waals surface area (Å²) >= 11 is 0. The Morgan fingerprint density at radius 3 is 2.08 bits per heavy atom. The molecule has 140 valence electrons. The van der Waals surface area contributed by atoms with Crippen molar-refractivity contribution in [1.29, 1.82) is 0 Å². The van der Waals surface area contributed by atoms with Crippen LogP contribution in [-0.4, -0.2) is 72.0 Å². The molecule has 0 bridgehead atoms. The SMILES string of the molecule is CN1CCCC(O)(CC(=O)N2CCC(C(F)(F)F)(C(F)(F)F)C2)C1. The van der Waals surface area contributed by atoms with Crippen LogP contribution in [0.5, 0.6) is 0 Å². The Kier molecular flexibility index (Phi) is 4.86. The van der Waals surface area contributed by atoms with Crippen molar-refractivity contribution < 1.29 is 36.2 Å². The largest absolute Gasteiger partial charge is 0.404 e. The fraction of sp³-hybridized carbons (Fsp3) is 0.929. The van der Waals surface area contributed by atoms with Gasteiger partial charge in [0.15, 0.2) is 5.41 Å². The van der Waals surface area contributed by atoms with Crippen LogP contribution in [0.15, 0.2) is 0 Å². The molecule has 2 fully saturated rings. The molecule has 1 unspecified atom stereocenters. The van der Waals surface area contributed by atoms with Gasteiger partial charge in [-0.15, -0.1) is 0 Å². The topological polar surface area (TPSA) is 43.8 Å². The number of likely N-dealkylation sites (tertiary alicyclic amines) is 2. The summed E-state index contributed by atoms with van der Waals surface area (Å²) in [6, 6.07) is 0. The molecule has 10 heteroatoms. The number of rotatable bonds is 2. The fourth-order valence-corrected chi connectivity index (χ4v) is 3.52. The van der Waals surface area contributed by atoms with E-state index in [0.717, 1.165) is 0 Å². The number of piperidine rings is 1. The summed E-state index contributed by atoms with van der Waals surface area (Å²) in [6.07, 6.45) is -11.7. The van der Waals surface area contributed by atoms with Crippen molar-refractivity contribution in [3.63, 3.8) is 0 Å². The molecule has 2 aliphatic rings. The van der Waals surface area contributed by atoms with E-state index in [-0.39, 0.29) is 6.54 Å². The zero-order valence-corrected chi connectivity index (χ0v) is 13.2. The van der Waals surface area contributed by atoms with Crippen LogP contribution in [0, 0.1) is 5.41 Å². The number of β-amino-alcohol motifs (C(OH)–C–C–N with tert-alkyl or cyclic N) is 1. The van der Waals surface area contributed by atoms with Crippen molar-refractivity contribution in [3.8, 4) is 0 Å². The number of aliphatic hydroxyl groups is 1. The number of amides is 1. The number of hydrogen-bond donors (Lipinski definition) is 1. The van der Waals surface area contributed by atoms with Gasteiger partial charge in [0.05, 0.1) is 12.0 Å². The first-order chi connectivity index (χ1) is 10.8. The van der Waals surface area contributed by atoms with Gasteiger partial charge in [-0.2, -0.15) is 26.3 Å². The first-order valence-corrected chi connectivity index (χ1v) is 7.62. The van der Waals surface area contributed by atoms with Gasteiger partial charge in [-0.1, -0.05) is 0 Å². The van der Waals surface area contributed by atoms with E-state index in [1.54, 1.807) is 11.9 Å². The third-order valence-electron chi connectivity index (χ3n) is 4.93. The van der Waals surface area contributed by atoms with E-state index in [1.807, 2.05) is 0 Å². The molecule has 1 N–H and O–H groups in total. The standard InChI is InChI=1S/C14H20F6N2O2/c1-21-5-2-3-11(24,8-21)7-10(23)22-6-4-12(9-22,13(15,16)17)14(18,19)20/h24H,2-9H2,1H3. The first-order valence-electron chi connectivity index (χ1n) is 7.62. The van der Waals surface area contributed by atoms with Crippen molar-refractivity contribution in [2.75, 3.05) is 33.2 Å². The van der Waals surface area contributed by atoms with Crippen LogP contribution in [0.2, 0.25) is 0 Å². The molecule has 2 rings (SSSR count). The number of hydrogen-bond acceptors (Lipinski definition) is 3. The van der Waals surface area contributed by atoms with Crippen LogP contribution < -0.4 is 0 Å². The number of nitrogens with zero attached hydrogens (tertiary/aromatic N) is 2. The van der Waals surface area contributed by atoms with Gasteiger partial charge >= 0.3 is 12.4 Å². The summed E-state index contributed by atoms with van der Waals surface area (Å²) in [4.78, 5) is 14.5. The lowest BCUT2D eigenvalue weighted by Gasteiger charge is -2.38. The highest BCUT2D eigenvalue weighted by Gasteiger charge is 2.72. The predicted molar refractivity (Wildman–Crippen MR) is 72.0 cm³/mol. The summed E-state index contributed by atoms with van der Waals surface area (Å²) in [5.74, 6) is -0.872. The lowest BCUT2D eigenvalue weighted by molar-refractivity contribution is -0.334. The van der Waals surface area contributed by atoms with Crippen molar-refractivity contribution in [3.05, 3.63) is 0 Å². The summed E-state index contributed by atoms with van der Waals surface area (Å²) < 4.78 is 78.1. The van der Waals surface area contributed by atoms with E-state index in [0.29, 0.717) is 24.3 Å². The average Bonchev–Trinajstić information content (AvgIpc) is 2.82. The Morgan fingerprint density at radius 1 is 1.04 bits per heavy atom. The third kappa shape index (κ3) is 3.49. The van der Waals surface area contributed by atoms with E-state index in [9.17, 15) is 36.2 Å². The van der Waals surface area contributed by atoms with Gasteiger partial charge in [-0.25, -0.2) is 0 Å². The molecule has 0 aromatic heterocycles. The monoisotopic (exact) mass is 362 g/mol. The summed E-state index contributed by atoms with van der Waals surface area (Å²) in [5, 5.41) is 10.4. The minimum absolute atomic E-state index is 0.163. The third-order valence-corrected chi connectivity index (χ3v) is 4.93. The average molecular weight is 362 g/mol. The van der Waals surface area contributed by atoms with Crippen LogP contribution in [0.25, 0.3) is 0 Å². The molecule has 0 radical (unpaired) electrons. The van der Waals surface area contributed by atoms with Gasteiger partial charge in [0.2, 0.25) is 5.91 Å². The van der Waals surface area contributed by atoms with E-state index < -0.39 is 55.2 Å². The molecule has 0 spiro atoms. The number of likely N-dealkylation sites (N-methyl/N-ethyl adjacent to an activating group) is 1. The molecule has 24 heavy (non-hydrogen) atoms. The molecular formula is C14H20F6N2O2. The van der Waals surface area contributed by atoms with Crippen molar-refractivity contribution in [1.82, 2.24) is 9.80 Å². The van der Waals surface area contributed by atoms with Gasteiger partial charge in [0.1, 0.15) is 0 Å². The Morgan fingerprint density at radius 2 is 1.62 bits per heavy atom. The second-order valence-electron chi connectivity index (χ2n) is 6.89. The van der Waals surface area contributed by atoms with Gasteiger partial charge in [0, 0.05) is 19.6 Å². The second-order valence-corrected chi connectivity index (χ2v) is 6.89. The minimum atomic E-state index is -5.48. The van der Waals surface area contributed by atoms with E-state index in [4.69, 9.17) is 0 Å². The molecule has 1 amide bonds. The lowest BCUT2D eigenvalue weighted by atomic mass is 9.85. The van der Waals surface area contributed by atoms with Crippen molar-refractivity contribution in [2.45, 2.75) is 43.6 Å². The molecule has 2 heterocycles. The molecule has 2 saturated heterocycles. The summed E-state index contributed by atoms with van der Waals surface area (Å²) in [7, 11) is 1.72. The summed E-state index contributed by atoms with van der Waals surface area (Å²) in [6.45, 7) is -1.18. The van der Waals surface area contributed by atoms with Crippen LogP contribution >= 0.6 is 0 Å². The Balaban J connectivity index is 2.10. The zero-order chi connectivity index (χ0) is 18.4. The fourth-order valence-electron chi connectivity index (χ4n) is 3.52. The highest BCUT2D eigenvalue weighted by molar-refractivity contribution is 5.77. The minimum Gasteiger partial charge on any atom is -0.388 e. The van der Waals surface area contributed by atoms with Crippen LogP contribution in [0.1, 0.15) is 25.7 Å². The number of carbonyl (C=O) groups excluding carboxylic acids is 1. The lowest BCUT2D eigenvalue weighted by Crippen LogP contribution is -2.53. The predicted octanol–water partition coefficient (Wildman–Crippen LogP) is 2.18. The quantitative estimate of drug-likeness (QED) is 0.766. The molecule has 2 aliphatic heterocycles. The number of carbonyl (C=O) groups is 1. The zero-order valence-electron chi connectivity index (χ0n) is 13.2. The molecule has 0 aromatic rings. The maximum absolute atomic E-state index is 13.0. The second kappa shape index (κ2) is 6.05. The molecule has 0 aliphatic carbocycles. The van der Waals surface area contributed by atoms with E-state index >= 15 is 0 Å². The Bertz CT molecular complexity index is 479. The van der Waals surface area contributed by atoms with Crippen molar-refractivity contribution >= 4 is 5.91 Å². The maximum atomic E-state index is 13.0.